The zero-order valence-corrected chi connectivity index (χ0v) is 14.3. The Morgan fingerprint density at radius 1 is 1.28 bits per heavy atom. The molecule has 0 unspecified atom stereocenters. The standard InChI is InChI=1S/C10H10FO3.3CH3.Sn/c1-13-8-3-4-9(11)7(5-8)6-10(12)14-2;;;;/h4-5H,6H2,1-2H3;3*1H3;. The van der Waals surface area contributed by atoms with Crippen molar-refractivity contribution in [2.24, 2.45) is 0 Å². The summed E-state index contributed by atoms with van der Waals surface area (Å²) in [5, 5.41) is 0. The van der Waals surface area contributed by atoms with Gasteiger partial charge in [0.2, 0.25) is 0 Å². The molecule has 100 valence electrons. The molecule has 18 heavy (non-hydrogen) atoms. The van der Waals surface area contributed by atoms with Crippen molar-refractivity contribution in [1.29, 1.82) is 0 Å². The predicted molar refractivity (Wildman–Crippen MR) is 71.7 cm³/mol. The van der Waals surface area contributed by atoms with Crippen LogP contribution in [0.4, 0.5) is 4.39 Å². The van der Waals surface area contributed by atoms with Crippen LogP contribution in [0.3, 0.4) is 0 Å². The number of hydrogen-bond donors (Lipinski definition) is 0. The summed E-state index contributed by atoms with van der Waals surface area (Å²) in [4.78, 5) is 17.8. The summed E-state index contributed by atoms with van der Waals surface area (Å²) in [6.45, 7) is 0. The Morgan fingerprint density at radius 3 is 2.33 bits per heavy atom. The summed E-state index contributed by atoms with van der Waals surface area (Å²) in [7, 11) is 2.85. The molecule has 0 atom stereocenters. The molecule has 1 aromatic rings. The van der Waals surface area contributed by atoms with E-state index in [0.717, 1.165) is 3.58 Å². The first-order valence-electron chi connectivity index (χ1n) is 5.73. The van der Waals surface area contributed by atoms with E-state index in [0.29, 0.717) is 11.3 Å². The normalized spacial score (nSPS) is 11.2. The van der Waals surface area contributed by atoms with E-state index in [4.69, 9.17) is 4.74 Å². The monoisotopic (exact) mass is 362 g/mol. The Bertz CT molecular complexity index is 452. The average molecular weight is 361 g/mol. The third-order valence-electron chi connectivity index (χ3n) is 2.74. The summed E-state index contributed by atoms with van der Waals surface area (Å²) < 4.78 is 24.8. The third-order valence-corrected chi connectivity index (χ3v) is 8.47. The van der Waals surface area contributed by atoms with Crippen LogP contribution in [0.15, 0.2) is 12.1 Å². The van der Waals surface area contributed by atoms with Crippen LogP contribution in [0, 0.1) is 5.82 Å². The van der Waals surface area contributed by atoms with Gasteiger partial charge in [-0.15, -0.1) is 0 Å². The fraction of sp³-hybridized carbons (Fsp3) is 0.462. The second kappa shape index (κ2) is 5.91. The predicted octanol–water partition coefficient (Wildman–Crippen LogP) is 2.09. The number of esters is 1. The van der Waals surface area contributed by atoms with Crippen molar-refractivity contribution in [2.45, 2.75) is 21.2 Å². The van der Waals surface area contributed by atoms with E-state index in [9.17, 15) is 9.18 Å². The molecule has 0 aromatic heterocycles. The Labute approximate surface area is 111 Å². The first-order valence-corrected chi connectivity index (χ1v) is 15.7. The van der Waals surface area contributed by atoms with E-state index in [1.54, 1.807) is 13.2 Å². The van der Waals surface area contributed by atoms with Crippen molar-refractivity contribution in [3.8, 4) is 5.75 Å². The molecule has 0 spiro atoms. The van der Waals surface area contributed by atoms with E-state index >= 15 is 0 Å². The minimum atomic E-state index is -2.43. The fourth-order valence-electron chi connectivity index (χ4n) is 1.71. The van der Waals surface area contributed by atoms with Gasteiger partial charge in [-0.3, -0.25) is 0 Å². The zero-order valence-electron chi connectivity index (χ0n) is 11.5. The molecule has 0 N–H and O–H groups in total. The summed E-state index contributed by atoms with van der Waals surface area (Å²) in [6.07, 6.45) is -0.0708. The molecule has 0 radical (unpaired) electrons. The molecule has 0 saturated heterocycles. The Kier molecular flexibility index (Phi) is 5.01. The summed E-state index contributed by atoms with van der Waals surface area (Å²) in [6, 6.07) is 3.14. The van der Waals surface area contributed by atoms with Crippen LogP contribution in [0.1, 0.15) is 5.56 Å². The first-order chi connectivity index (χ1) is 8.29. The molecule has 1 aromatic carbocycles. The quantitative estimate of drug-likeness (QED) is 0.609. The van der Waals surface area contributed by atoms with Crippen molar-refractivity contribution in [3.05, 3.63) is 23.5 Å². The zero-order chi connectivity index (χ0) is 13.9. The van der Waals surface area contributed by atoms with Crippen molar-refractivity contribution < 1.29 is 18.7 Å². The summed E-state index contributed by atoms with van der Waals surface area (Å²) in [5.74, 6) is -0.135. The van der Waals surface area contributed by atoms with Crippen LogP contribution < -0.4 is 8.32 Å². The Hall–Kier alpha value is -0.781. The number of halogens is 1. The minimum absolute atomic E-state index is 0.0708. The van der Waals surface area contributed by atoms with Gasteiger partial charge in [-0.1, -0.05) is 0 Å². The Morgan fingerprint density at radius 2 is 1.89 bits per heavy atom. The van der Waals surface area contributed by atoms with Gasteiger partial charge < -0.3 is 0 Å². The number of carbonyl (C=O) groups is 1. The van der Waals surface area contributed by atoms with Crippen LogP contribution in [0.25, 0.3) is 0 Å². The average Bonchev–Trinajstić information content (AvgIpc) is 2.29. The molecule has 0 heterocycles. The number of methoxy groups -OCH3 is 2. The molecule has 0 aliphatic rings. The number of rotatable bonds is 4. The molecular formula is C13H19FO3Sn. The molecule has 0 fully saturated rings. The van der Waals surface area contributed by atoms with Gasteiger partial charge >= 0.3 is 111 Å². The van der Waals surface area contributed by atoms with Gasteiger partial charge in [0.15, 0.2) is 0 Å². The topological polar surface area (TPSA) is 35.5 Å². The van der Waals surface area contributed by atoms with Gasteiger partial charge in [-0.2, -0.15) is 0 Å². The van der Waals surface area contributed by atoms with Gasteiger partial charge in [-0.25, -0.2) is 0 Å². The van der Waals surface area contributed by atoms with E-state index in [2.05, 4.69) is 19.6 Å². The second-order valence-electron chi connectivity index (χ2n) is 5.15. The van der Waals surface area contributed by atoms with Gasteiger partial charge in [-0.05, 0) is 0 Å². The van der Waals surface area contributed by atoms with Crippen LogP contribution in [0.5, 0.6) is 5.75 Å². The van der Waals surface area contributed by atoms with Crippen molar-refractivity contribution in [2.75, 3.05) is 14.2 Å². The van der Waals surface area contributed by atoms with Crippen LogP contribution in [-0.2, 0) is 16.0 Å². The third kappa shape index (κ3) is 3.60. The summed E-state index contributed by atoms with van der Waals surface area (Å²) >= 11 is -2.43. The number of ether oxygens (including phenoxy) is 2. The van der Waals surface area contributed by atoms with Crippen molar-refractivity contribution >= 4 is 27.9 Å². The van der Waals surface area contributed by atoms with Gasteiger partial charge in [0.25, 0.3) is 0 Å². The molecule has 0 aliphatic heterocycles. The SMILES string of the molecule is COC(=O)Cc1cc(OC)[c]([Sn]([CH3])([CH3])[CH3])cc1F. The van der Waals surface area contributed by atoms with Crippen LogP contribution in [-0.4, -0.2) is 38.6 Å². The van der Waals surface area contributed by atoms with Crippen molar-refractivity contribution in [1.82, 2.24) is 0 Å². The Balaban J connectivity index is 3.22. The first kappa shape index (κ1) is 15.3. The molecule has 0 saturated carbocycles. The second-order valence-corrected chi connectivity index (χ2v) is 19.5. The van der Waals surface area contributed by atoms with Crippen molar-refractivity contribution in [3.63, 3.8) is 0 Å². The van der Waals surface area contributed by atoms with E-state index in [1.807, 2.05) is 0 Å². The number of benzene rings is 1. The fourth-order valence-corrected chi connectivity index (χ4v) is 5.92. The summed E-state index contributed by atoms with van der Waals surface area (Å²) in [5.41, 5.74) is 0.318. The maximum absolute atomic E-state index is 14.0. The number of carbonyl (C=O) groups excluding carboxylic acids is 1. The molecule has 0 aliphatic carbocycles. The maximum atomic E-state index is 14.0. The van der Waals surface area contributed by atoms with Gasteiger partial charge in [0.05, 0.1) is 0 Å². The van der Waals surface area contributed by atoms with Crippen LogP contribution >= 0.6 is 0 Å². The van der Waals surface area contributed by atoms with Crippen LogP contribution in [0.2, 0.25) is 14.8 Å². The van der Waals surface area contributed by atoms with E-state index in [1.165, 1.54) is 13.2 Å². The van der Waals surface area contributed by atoms with Gasteiger partial charge in [0, 0.05) is 0 Å². The molecule has 5 heteroatoms. The molecule has 0 bridgehead atoms. The molecule has 3 nitrogen and oxygen atoms in total. The van der Waals surface area contributed by atoms with E-state index in [-0.39, 0.29) is 12.2 Å². The van der Waals surface area contributed by atoms with Gasteiger partial charge in [0.1, 0.15) is 0 Å². The molecule has 1 rings (SSSR count). The number of hydrogen-bond acceptors (Lipinski definition) is 3. The van der Waals surface area contributed by atoms with E-state index < -0.39 is 24.3 Å². The molecular weight excluding hydrogens is 342 g/mol. The molecule has 0 amide bonds.